The summed E-state index contributed by atoms with van der Waals surface area (Å²) in [5, 5.41) is 0.248. The Morgan fingerprint density at radius 1 is 1.36 bits per heavy atom. The molecule has 0 aliphatic carbocycles. The van der Waals surface area contributed by atoms with Gasteiger partial charge in [-0.15, -0.1) is 0 Å². The van der Waals surface area contributed by atoms with Crippen LogP contribution in [0.25, 0.3) is 0 Å². The lowest BCUT2D eigenvalue weighted by atomic mass is 9.95. The molecule has 2 aliphatic rings. The van der Waals surface area contributed by atoms with Crippen LogP contribution in [-0.4, -0.2) is 40.6 Å². The van der Waals surface area contributed by atoms with Crippen molar-refractivity contribution in [3.63, 3.8) is 0 Å². The molecule has 1 saturated heterocycles. The van der Waals surface area contributed by atoms with E-state index < -0.39 is 0 Å². The van der Waals surface area contributed by atoms with Gasteiger partial charge in [-0.1, -0.05) is 11.6 Å². The molecule has 2 aromatic rings. The summed E-state index contributed by atoms with van der Waals surface area (Å²) in [6, 6.07) is 3.85. The first-order valence-corrected chi connectivity index (χ1v) is 9.66. The molecule has 2 aliphatic heterocycles. The Morgan fingerprint density at radius 3 is 2.82 bits per heavy atom. The summed E-state index contributed by atoms with van der Waals surface area (Å²) in [5.74, 6) is 1.03. The largest absolute Gasteiger partial charge is 0.481 e. The average molecular weight is 403 g/mol. The number of rotatable bonds is 4. The molecule has 0 aromatic carbocycles. The normalized spacial score (nSPS) is 16.1. The lowest BCUT2D eigenvalue weighted by Gasteiger charge is -2.41. The highest BCUT2D eigenvalue weighted by Crippen LogP contribution is 2.31. The quantitative estimate of drug-likeness (QED) is 0.783. The Balaban J connectivity index is 1.38. The number of carbonyl (C=O) groups excluding carboxylic acids is 1. The predicted molar refractivity (Wildman–Crippen MR) is 107 cm³/mol. The number of fused-ring (bicyclic) bond motifs is 1. The molecule has 4 rings (SSSR count). The number of halogens is 1. The van der Waals surface area contributed by atoms with Crippen molar-refractivity contribution in [3.05, 3.63) is 50.5 Å². The number of pyridine rings is 2. The molecule has 1 amide bonds. The third-order valence-electron chi connectivity index (χ3n) is 5.78. The second-order valence-corrected chi connectivity index (χ2v) is 7.89. The SMILES string of the molecule is COc1cc(N2CC(CC(=O)N3Cc4c(C)c(Cl)c(=O)n(C)c4C3)C2)ccn1. The van der Waals surface area contributed by atoms with Gasteiger partial charge in [-0.25, -0.2) is 4.98 Å². The van der Waals surface area contributed by atoms with Gasteiger partial charge in [-0.05, 0) is 24.1 Å². The van der Waals surface area contributed by atoms with Gasteiger partial charge in [0.15, 0.2) is 0 Å². The number of nitrogens with zero attached hydrogens (tertiary/aromatic N) is 4. The van der Waals surface area contributed by atoms with E-state index in [0.717, 1.165) is 35.6 Å². The van der Waals surface area contributed by atoms with Crippen molar-refractivity contribution in [2.75, 3.05) is 25.1 Å². The summed E-state index contributed by atoms with van der Waals surface area (Å²) in [5.41, 5.74) is 3.54. The van der Waals surface area contributed by atoms with E-state index in [-0.39, 0.29) is 16.5 Å². The highest BCUT2D eigenvalue weighted by molar-refractivity contribution is 6.31. The van der Waals surface area contributed by atoms with E-state index in [1.807, 2.05) is 24.0 Å². The van der Waals surface area contributed by atoms with Crippen LogP contribution in [0.2, 0.25) is 5.02 Å². The maximum absolute atomic E-state index is 12.8. The summed E-state index contributed by atoms with van der Waals surface area (Å²) >= 11 is 6.15. The first kappa shape index (κ1) is 18.8. The Morgan fingerprint density at radius 2 is 2.11 bits per heavy atom. The molecule has 4 heterocycles. The monoisotopic (exact) mass is 402 g/mol. The highest BCUT2D eigenvalue weighted by Gasteiger charge is 2.33. The van der Waals surface area contributed by atoms with E-state index in [4.69, 9.17) is 16.3 Å². The van der Waals surface area contributed by atoms with E-state index >= 15 is 0 Å². The van der Waals surface area contributed by atoms with Gasteiger partial charge in [0.25, 0.3) is 5.56 Å². The number of hydrogen-bond donors (Lipinski definition) is 0. The molecule has 0 spiro atoms. The van der Waals surface area contributed by atoms with E-state index in [2.05, 4.69) is 9.88 Å². The molecular weight excluding hydrogens is 380 g/mol. The zero-order chi connectivity index (χ0) is 20.0. The lowest BCUT2D eigenvalue weighted by molar-refractivity contribution is -0.133. The minimum Gasteiger partial charge on any atom is -0.481 e. The Labute approximate surface area is 168 Å². The standard InChI is InChI=1S/C20H23ClN4O3/c1-12-15-10-25(11-16(15)23(2)20(27)19(12)21)18(26)6-13-8-24(9-13)14-4-5-22-17(7-14)28-3/h4-5,7,13H,6,8-11H2,1-3H3. The highest BCUT2D eigenvalue weighted by atomic mass is 35.5. The fourth-order valence-corrected chi connectivity index (χ4v) is 4.23. The van der Waals surface area contributed by atoms with Crippen LogP contribution in [0.15, 0.2) is 23.1 Å². The number of methoxy groups -OCH3 is 1. The van der Waals surface area contributed by atoms with Gasteiger partial charge >= 0.3 is 0 Å². The zero-order valence-electron chi connectivity index (χ0n) is 16.2. The van der Waals surface area contributed by atoms with Gasteiger partial charge in [-0.2, -0.15) is 0 Å². The van der Waals surface area contributed by atoms with Crippen LogP contribution in [0.3, 0.4) is 0 Å². The van der Waals surface area contributed by atoms with Crippen LogP contribution in [0.4, 0.5) is 5.69 Å². The molecule has 7 nitrogen and oxygen atoms in total. The molecule has 0 unspecified atom stereocenters. The van der Waals surface area contributed by atoms with Crippen molar-refractivity contribution in [3.8, 4) is 5.88 Å². The molecule has 1 fully saturated rings. The molecule has 148 valence electrons. The summed E-state index contributed by atoms with van der Waals surface area (Å²) < 4.78 is 6.74. The van der Waals surface area contributed by atoms with Crippen molar-refractivity contribution in [1.29, 1.82) is 0 Å². The van der Waals surface area contributed by atoms with Crippen molar-refractivity contribution in [1.82, 2.24) is 14.5 Å². The molecule has 0 bridgehead atoms. The number of carbonyl (C=O) groups is 1. The molecule has 0 saturated carbocycles. The molecule has 0 radical (unpaired) electrons. The average Bonchev–Trinajstić information content (AvgIpc) is 3.13. The van der Waals surface area contributed by atoms with Crippen molar-refractivity contribution >= 4 is 23.2 Å². The van der Waals surface area contributed by atoms with E-state index in [1.165, 1.54) is 0 Å². The van der Waals surface area contributed by atoms with Crippen LogP contribution in [-0.2, 0) is 24.9 Å². The number of aromatic nitrogens is 2. The lowest BCUT2D eigenvalue weighted by Crippen LogP contribution is -2.48. The van der Waals surface area contributed by atoms with Gasteiger partial charge in [0.05, 0.1) is 13.7 Å². The maximum atomic E-state index is 12.8. The van der Waals surface area contributed by atoms with E-state index in [1.54, 1.807) is 24.9 Å². The van der Waals surface area contributed by atoms with E-state index in [0.29, 0.717) is 31.3 Å². The zero-order valence-corrected chi connectivity index (χ0v) is 17.0. The molecule has 0 N–H and O–H groups in total. The second-order valence-electron chi connectivity index (χ2n) is 7.51. The Hall–Kier alpha value is -2.54. The van der Waals surface area contributed by atoms with Gasteiger partial charge in [0, 0.05) is 62.7 Å². The summed E-state index contributed by atoms with van der Waals surface area (Å²) in [7, 11) is 3.32. The van der Waals surface area contributed by atoms with Crippen molar-refractivity contribution < 1.29 is 9.53 Å². The molecule has 28 heavy (non-hydrogen) atoms. The maximum Gasteiger partial charge on any atom is 0.269 e. The first-order valence-electron chi connectivity index (χ1n) is 9.28. The van der Waals surface area contributed by atoms with Gasteiger partial charge in [0.2, 0.25) is 11.8 Å². The first-order chi connectivity index (χ1) is 13.4. The number of hydrogen-bond acceptors (Lipinski definition) is 5. The Bertz CT molecular complexity index is 998. The van der Waals surface area contributed by atoms with Crippen molar-refractivity contribution in [2.24, 2.45) is 13.0 Å². The van der Waals surface area contributed by atoms with Crippen LogP contribution in [0, 0.1) is 12.8 Å². The molecule has 8 heteroatoms. The van der Waals surface area contributed by atoms with Crippen molar-refractivity contribution in [2.45, 2.75) is 26.4 Å². The van der Waals surface area contributed by atoms with E-state index in [9.17, 15) is 9.59 Å². The summed E-state index contributed by atoms with van der Waals surface area (Å²) in [6.45, 7) is 4.51. The summed E-state index contributed by atoms with van der Waals surface area (Å²) in [4.78, 5) is 33.2. The predicted octanol–water partition coefficient (Wildman–Crippen LogP) is 2.12. The smallest absolute Gasteiger partial charge is 0.269 e. The topological polar surface area (TPSA) is 67.7 Å². The Kier molecular flexibility index (Phi) is 4.79. The van der Waals surface area contributed by atoms with Gasteiger partial charge < -0.3 is 19.1 Å². The number of ether oxygens (including phenoxy) is 1. The second kappa shape index (κ2) is 7.13. The van der Waals surface area contributed by atoms with Crippen LogP contribution >= 0.6 is 11.6 Å². The van der Waals surface area contributed by atoms with Gasteiger partial charge in [-0.3, -0.25) is 9.59 Å². The minimum atomic E-state index is -0.199. The van der Waals surface area contributed by atoms with Crippen LogP contribution in [0.1, 0.15) is 23.2 Å². The summed E-state index contributed by atoms with van der Waals surface area (Å²) in [6.07, 6.45) is 2.24. The minimum absolute atomic E-state index is 0.121. The van der Waals surface area contributed by atoms with Gasteiger partial charge in [0.1, 0.15) is 5.02 Å². The fourth-order valence-electron chi connectivity index (χ4n) is 3.99. The molecule has 2 aromatic heterocycles. The molecule has 0 atom stereocenters. The van der Waals surface area contributed by atoms with Crippen LogP contribution in [0.5, 0.6) is 5.88 Å². The van der Waals surface area contributed by atoms with Crippen LogP contribution < -0.4 is 15.2 Å². The number of anilines is 1. The third kappa shape index (κ3) is 3.13. The number of amides is 1. The third-order valence-corrected chi connectivity index (χ3v) is 6.23. The molecular formula is C20H23ClN4O3. The fraction of sp³-hybridized carbons (Fsp3) is 0.450.